The largest absolute Gasteiger partial charge is 0.393 e. The quantitative estimate of drug-likeness (QED) is 0.826. The van der Waals surface area contributed by atoms with Gasteiger partial charge >= 0.3 is 0 Å². The summed E-state index contributed by atoms with van der Waals surface area (Å²) >= 11 is 0. The highest BCUT2D eigenvalue weighted by Gasteiger charge is 2.26. The maximum absolute atomic E-state index is 12.1. The van der Waals surface area contributed by atoms with E-state index in [2.05, 4.69) is 17.1 Å². The molecule has 0 aromatic rings. The molecular weight excluding hydrogens is 252 g/mol. The molecule has 1 aliphatic carbocycles. The predicted octanol–water partition coefficient (Wildman–Crippen LogP) is 1.77. The fraction of sp³-hybridized carbons (Fsp3) is 0.938. The Kier molecular flexibility index (Phi) is 5.85. The zero-order chi connectivity index (χ0) is 14.5. The fourth-order valence-electron chi connectivity index (χ4n) is 3.51. The first-order valence-corrected chi connectivity index (χ1v) is 8.24. The average Bonchev–Trinajstić information content (AvgIpc) is 2.41. The molecule has 1 aliphatic heterocycles. The maximum atomic E-state index is 12.1. The number of nitrogens with zero attached hydrogens (tertiary/aromatic N) is 1. The normalized spacial score (nSPS) is 33.6. The minimum atomic E-state index is -0.263. The summed E-state index contributed by atoms with van der Waals surface area (Å²) in [5.74, 6) is 1.31. The minimum Gasteiger partial charge on any atom is -0.393 e. The molecule has 2 fully saturated rings. The van der Waals surface area contributed by atoms with Crippen molar-refractivity contribution in [3.63, 3.8) is 0 Å². The van der Waals surface area contributed by atoms with Crippen LogP contribution in [0.5, 0.6) is 0 Å². The zero-order valence-corrected chi connectivity index (χ0v) is 13.0. The SMILES string of the molecule is CC1CCC(NC(=O)CN2CCCC(C(C)O)C2)CC1. The Morgan fingerprint density at radius 2 is 2.00 bits per heavy atom. The van der Waals surface area contributed by atoms with Crippen molar-refractivity contribution in [1.29, 1.82) is 0 Å². The van der Waals surface area contributed by atoms with Gasteiger partial charge < -0.3 is 10.4 Å². The number of hydrogen-bond donors (Lipinski definition) is 2. The number of nitrogens with one attached hydrogen (secondary N) is 1. The van der Waals surface area contributed by atoms with Crippen molar-refractivity contribution in [3.8, 4) is 0 Å². The molecule has 20 heavy (non-hydrogen) atoms. The third-order valence-electron chi connectivity index (χ3n) is 4.97. The second-order valence-corrected chi connectivity index (χ2v) is 6.90. The molecule has 0 aromatic carbocycles. The van der Waals surface area contributed by atoms with Crippen LogP contribution in [0.3, 0.4) is 0 Å². The van der Waals surface area contributed by atoms with E-state index in [1.807, 2.05) is 6.92 Å². The van der Waals surface area contributed by atoms with Gasteiger partial charge in [0.1, 0.15) is 0 Å². The van der Waals surface area contributed by atoms with Gasteiger partial charge in [-0.25, -0.2) is 0 Å². The number of amides is 1. The molecule has 0 radical (unpaired) electrons. The van der Waals surface area contributed by atoms with Crippen LogP contribution >= 0.6 is 0 Å². The van der Waals surface area contributed by atoms with Crippen LogP contribution in [0.25, 0.3) is 0 Å². The van der Waals surface area contributed by atoms with E-state index in [1.165, 1.54) is 12.8 Å². The van der Waals surface area contributed by atoms with Crippen LogP contribution in [-0.2, 0) is 4.79 Å². The second kappa shape index (κ2) is 7.41. The monoisotopic (exact) mass is 282 g/mol. The lowest BCUT2D eigenvalue weighted by Gasteiger charge is -2.34. The van der Waals surface area contributed by atoms with Gasteiger partial charge in [-0.3, -0.25) is 9.69 Å². The Hall–Kier alpha value is -0.610. The highest BCUT2D eigenvalue weighted by molar-refractivity contribution is 5.78. The topological polar surface area (TPSA) is 52.6 Å². The van der Waals surface area contributed by atoms with Gasteiger partial charge in [0, 0.05) is 12.6 Å². The lowest BCUT2D eigenvalue weighted by molar-refractivity contribution is -0.123. The Balaban J connectivity index is 1.71. The molecule has 0 bridgehead atoms. The summed E-state index contributed by atoms with van der Waals surface area (Å²) in [4.78, 5) is 14.3. The van der Waals surface area contributed by atoms with E-state index in [1.54, 1.807) is 0 Å². The Labute approximate surface area is 122 Å². The van der Waals surface area contributed by atoms with Gasteiger partial charge in [-0.2, -0.15) is 0 Å². The van der Waals surface area contributed by atoms with Crippen LogP contribution in [0.15, 0.2) is 0 Å². The molecule has 1 heterocycles. The highest BCUT2D eigenvalue weighted by atomic mass is 16.3. The molecule has 0 spiro atoms. The van der Waals surface area contributed by atoms with Gasteiger partial charge in [0.05, 0.1) is 12.6 Å². The van der Waals surface area contributed by atoms with E-state index >= 15 is 0 Å². The molecule has 2 atom stereocenters. The van der Waals surface area contributed by atoms with E-state index in [0.717, 1.165) is 44.7 Å². The van der Waals surface area contributed by atoms with Crippen molar-refractivity contribution in [1.82, 2.24) is 10.2 Å². The molecule has 116 valence electrons. The molecule has 0 aromatic heterocycles. The molecular formula is C16H30N2O2. The lowest BCUT2D eigenvalue weighted by atomic mass is 9.87. The van der Waals surface area contributed by atoms with Crippen molar-refractivity contribution >= 4 is 5.91 Å². The standard InChI is InChI=1S/C16H30N2O2/c1-12-5-7-15(8-6-12)17-16(20)11-18-9-3-4-14(10-18)13(2)19/h12-15,19H,3-11H2,1-2H3,(H,17,20). The first-order chi connectivity index (χ1) is 9.54. The van der Waals surface area contributed by atoms with Gasteiger partial charge in [0.2, 0.25) is 5.91 Å². The third-order valence-corrected chi connectivity index (χ3v) is 4.97. The molecule has 1 amide bonds. The Morgan fingerprint density at radius 3 is 2.65 bits per heavy atom. The van der Waals surface area contributed by atoms with Crippen molar-refractivity contribution in [2.75, 3.05) is 19.6 Å². The van der Waals surface area contributed by atoms with Crippen LogP contribution in [-0.4, -0.2) is 47.7 Å². The fourth-order valence-corrected chi connectivity index (χ4v) is 3.51. The number of carbonyl (C=O) groups is 1. The Bertz CT molecular complexity index is 312. The van der Waals surface area contributed by atoms with Gasteiger partial charge in [0.15, 0.2) is 0 Å². The lowest BCUT2D eigenvalue weighted by Crippen LogP contribution is -2.47. The summed E-state index contributed by atoms with van der Waals surface area (Å²) in [6.07, 6.45) is 6.63. The summed E-state index contributed by atoms with van der Waals surface area (Å²) in [6.45, 7) is 6.49. The second-order valence-electron chi connectivity index (χ2n) is 6.90. The number of aliphatic hydroxyl groups is 1. The van der Waals surface area contributed by atoms with E-state index in [0.29, 0.717) is 18.5 Å². The number of rotatable bonds is 4. The number of aliphatic hydroxyl groups excluding tert-OH is 1. The van der Waals surface area contributed by atoms with E-state index in [-0.39, 0.29) is 12.0 Å². The number of piperidine rings is 1. The van der Waals surface area contributed by atoms with Crippen LogP contribution in [0.4, 0.5) is 0 Å². The van der Waals surface area contributed by atoms with Crippen molar-refractivity contribution in [2.45, 2.75) is 64.5 Å². The smallest absolute Gasteiger partial charge is 0.234 e. The summed E-state index contributed by atoms with van der Waals surface area (Å²) < 4.78 is 0. The number of hydrogen-bond acceptors (Lipinski definition) is 3. The molecule has 1 saturated heterocycles. The zero-order valence-electron chi connectivity index (χ0n) is 13.0. The van der Waals surface area contributed by atoms with Crippen molar-refractivity contribution < 1.29 is 9.90 Å². The van der Waals surface area contributed by atoms with Gasteiger partial charge in [0.25, 0.3) is 0 Å². The summed E-state index contributed by atoms with van der Waals surface area (Å²) in [7, 11) is 0. The highest BCUT2D eigenvalue weighted by Crippen LogP contribution is 2.23. The molecule has 2 N–H and O–H groups in total. The molecule has 2 rings (SSSR count). The maximum Gasteiger partial charge on any atom is 0.234 e. The number of carbonyl (C=O) groups excluding carboxylic acids is 1. The van der Waals surface area contributed by atoms with Gasteiger partial charge in [-0.05, 0) is 63.8 Å². The van der Waals surface area contributed by atoms with E-state index in [9.17, 15) is 9.90 Å². The molecule has 4 heteroatoms. The van der Waals surface area contributed by atoms with E-state index in [4.69, 9.17) is 0 Å². The predicted molar refractivity (Wildman–Crippen MR) is 80.4 cm³/mol. The average molecular weight is 282 g/mol. The summed E-state index contributed by atoms with van der Waals surface area (Å²) in [5, 5.41) is 12.9. The molecule has 4 nitrogen and oxygen atoms in total. The van der Waals surface area contributed by atoms with Gasteiger partial charge in [-0.15, -0.1) is 0 Å². The summed E-state index contributed by atoms with van der Waals surface area (Å²) in [6, 6.07) is 0.385. The van der Waals surface area contributed by atoms with Gasteiger partial charge in [-0.1, -0.05) is 6.92 Å². The first kappa shape index (κ1) is 15.8. The summed E-state index contributed by atoms with van der Waals surface area (Å²) in [5.41, 5.74) is 0. The molecule has 1 saturated carbocycles. The number of likely N-dealkylation sites (tertiary alicyclic amines) is 1. The van der Waals surface area contributed by atoms with E-state index < -0.39 is 0 Å². The molecule has 2 aliphatic rings. The molecule has 2 unspecified atom stereocenters. The first-order valence-electron chi connectivity index (χ1n) is 8.24. The van der Waals surface area contributed by atoms with Crippen molar-refractivity contribution in [3.05, 3.63) is 0 Å². The van der Waals surface area contributed by atoms with Crippen LogP contribution < -0.4 is 5.32 Å². The third kappa shape index (κ3) is 4.74. The van der Waals surface area contributed by atoms with Crippen molar-refractivity contribution in [2.24, 2.45) is 11.8 Å². The Morgan fingerprint density at radius 1 is 1.30 bits per heavy atom. The van der Waals surface area contributed by atoms with Crippen LogP contribution in [0.2, 0.25) is 0 Å². The van der Waals surface area contributed by atoms with Crippen LogP contribution in [0, 0.1) is 11.8 Å². The minimum absolute atomic E-state index is 0.163. The van der Waals surface area contributed by atoms with Crippen LogP contribution in [0.1, 0.15) is 52.4 Å².